The number of aryl methyl sites for hydroxylation is 1. The lowest BCUT2D eigenvalue weighted by atomic mass is 10.1. The van der Waals surface area contributed by atoms with Gasteiger partial charge in [-0.25, -0.2) is 0 Å². The number of halogens is 6. The van der Waals surface area contributed by atoms with Crippen molar-refractivity contribution in [3.05, 3.63) is 65.7 Å². The zero-order valence-corrected chi connectivity index (χ0v) is 13.4. The highest BCUT2D eigenvalue weighted by molar-refractivity contribution is 9.09. The van der Waals surface area contributed by atoms with Crippen LogP contribution >= 0.6 is 15.9 Å². The summed E-state index contributed by atoms with van der Waals surface area (Å²) in [6.45, 7) is -2.73. The van der Waals surface area contributed by atoms with Crippen molar-refractivity contribution in [1.82, 2.24) is 0 Å². The smallest absolute Gasteiger partial charge is 0.416 e. The lowest BCUT2D eigenvalue weighted by Gasteiger charge is -2.06. The van der Waals surface area contributed by atoms with E-state index in [4.69, 9.17) is 0 Å². The molecule has 2 rings (SSSR count). The maximum absolute atomic E-state index is 12.1. The summed E-state index contributed by atoms with van der Waals surface area (Å²) in [7, 11) is 0. The molecule has 126 valence electrons. The molecule has 0 amide bonds. The Labute approximate surface area is 139 Å². The fourth-order valence-electron chi connectivity index (χ4n) is 1.57. The van der Waals surface area contributed by atoms with Gasteiger partial charge < -0.3 is 4.74 Å². The van der Waals surface area contributed by atoms with Crippen LogP contribution in [0.4, 0.5) is 22.0 Å². The third-order valence-electron chi connectivity index (χ3n) is 2.63. The minimum atomic E-state index is -4.23. The van der Waals surface area contributed by atoms with Crippen LogP contribution in [0.15, 0.2) is 54.6 Å². The monoisotopic (exact) mass is 396 g/mol. The van der Waals surface area contributed by atoms with E-state index < -0.39 is 18.4 Å². The highest BCUT2D eigenvalue weighted by Gasteiger charge is 2.29. The maximum Gasteiger partial charge on any atom is 0.416 e. The van der Waals surface area contributed by atoms with Gasteiger partial charge in [0, 0.05) is 5.33 Å². The first kappa shape index (κ1) is 19.4. The first-order valence-electron chi connectivity index (χ1n) is 6.55. The van der Waals surface area contributed by atoms with Crippen molar-refractivity contribution in [2.24, 2.45) is 0 Å². The van der Waals surface area contributed by atoms with Gasteiger partial charge in [-0.2, -0.15) is 22.0 Å². The van der Waals surface area contributed by atoms with Crippen molar-refractivity contribution in [1.29, 1.82) is 0 Å². The quantitative estimate of drug-likeness (QED) is 0.459. The Balaban J connectivity index is 0.000000238. The minimum absolute atomic E-state index is 0.192. The van der Waals surface area contributed by atoms with Gasteiger partial charge in [0.2, 0.25) is 0 Å². The molecule has 0 spiro atoms. The summed E-state index contributed by atoms with van der Waals surface area (Å²) in [5.41, 5.74) is 0.315. The predicted molar refractivity (Wildman–Crippen MR) is 82.0 cm³/mol. The lowest BCUT2D eigenvalue weighted by Crippen LogP contribution is -2.04. The Bertz CT molecular complexity index is 555. The first-order valence-corrected chi connectivity index (χ1v) is 7.67. The number of benzene rings is 2. The summed E-state index contributed by atoms with van der Waals surface area (Å²) in [6, 6.07) is 13.2. The van der Waals surface area contributed by atoms with Gasteiger partial charge in [-0.05, 0) is 36.2 Å². The number of para-hydroxylation sites is 1. The van der Waals surface area contributed by atoms with E-state index in [2.05, 4.69) is 20.7 Å². The van der Waals surface area contributed by atoms with E-state index in [0.717, 1.165) is 29.4 Å². The van der Waals surface area contributed by atoms with Crippen molar-refractivity contribution in [3.63, 3.8) is 0 Å². The third kappa shape index (κ3) is 7.97. The van der Waals surface area contributed by atoms with Gasteiger partial charge in [0.15, 0.2) is 0 Å². The normalized spacial score (nSPS) is 10.9. The second-order valence-electron chi connectivity index (χ2n) is 4.33. The van der Waals surface area contributed by atoms with E-state index in [1.165, 1.54) is 24.3 Å². The molecule has 0 aliphatic rings. The van der Waals surface area contributed by atoms with E-state index in [-0.39, 0.29) is 5.75 Å². The van der Waals surface area contributed by atoms with Crippen LogP contribution in [-0.2, 0) is 12.6 Å². The summed E-state index contributed by atoms with van der Waals surface area (Å²) in [4.78, 5) is 0. The van der Waals surface area contributed by atoms with E-state index in [9.17, 15) is 22.0 Å². The number of ether oxygens (including phenoxy) is 1. The average molecular weight is 397 g/mol. The summed E-state index contributed by atoms with van der Waals surface area (Å²) in [5.74, 6) is 0.192. The van der Waals surface area contributed by atoms with Crippen LogP contribution < -0.4 is 4.74 Å². The molecule has 2 aromatic rings. The molecule has 23 heavy (non-hydrogen) atoms. The molecular weight excluding hydrogens is 383 g/mol. The van der Waals surface area contributed by atoms with Crippen LogP contribution in [-0.4, -0.2) is 11.9 Å². The fraction of sp³-hybridized carbons (Fsp3) is 0.250. The summed E-state index contributed by atoms with van der Waals surface area (Å²) >= 11 is 3.22. The summed E-state index contributed by atoms with van der Waals surface area (Å²) < 4.78 is 63.4. The van der Waals surface area contributed by atoms with Crippen LogP contribution in [0.2, 0.25) is 0 Å². The molecule has 0 unspecified atom stereocenters. The number of alkyl halides is 6. The molecule has 0 aromatic heterocycles. The number of hydrogen-bond donors (Lipinski definition) is 0. The molecule has 0 heterocycles. The van der Waals surface area contributed by atoms with Crippen molar-refractivity contribution in [3.8, 4) is 5.75 Å². The van der Waals surface area contributed by atoms with Gasteiger partial charge in [-0.1, -0.05) is 46.3 Å². The molecule has 2 aromatic carbocycles. The van der Waals surface area contributed by atoms with E-state index in [1.54, 1.807) is 18.2 Å². The lowest BCUT2D eigenvalue weighted by molar-refractivity contribution is -0.137. The number of rotatable bonds is 4. The zero-order valence-electron chi connectivity index (χ0n) is 11.9. The van der Waals surface area contributed by atoms with E-state index >= 15 is 0 Å². The molecule has 0 N–H and O–H groups in total. The highest BCUT2D eigenvalue weighted by atomic mass is 79.9. The molecule has 0 saturated carbocycles. The molecular formula is C16H14BrF5O. The van der Waals surface area contributed by atoms with Gasteiger partial charge in [-0.3, -0.25) is 0 Å². The highest BCUT2D eigenvalue weighted by Crippen LogP contribution is 2.29. The molecule has 0 aliphatic carbocycles. The van der Waals surface area contributed by atoms with Gasteiger partial charge in [0.1, 0.15) is 5.75 Å². The topological polar surface area (TPSA) is 9.23 Å². The van der Waals surface area contributed by atoms with Gasteiger partial charge in [-0.15, -0.1) is 0 Å². The molecule has 0 atom stereocenters. The molecule has 1 nitrogen and oxygen atoms in total. The van der Waals surface area contributed by atoms with Gasteiger partial charge in [0.25, 0.3) is 0 Å². The van der Waals surface area contributed by atoms with Crippen molar-refractivity contribution in [2.75, 3.05) is 5.33 Å². The van der Waals surface area contributed by atoms with E-state index in [1.807, 2.05) is 0 Å². The van der Waals surface area contributed by atoms with Crippen LogP contribution in [0.5, 0.6) is 5.75 Å². The van der Waals surface area contributed by atoms with E-state index in [0.29, 0.717) is 0 Å². The minimum Gasteiger partial charge on any atom is -0.435 e. The van der Waals surface area contributed by atoms with Crippen LogP contribution in [0.25, 0.3) is 0 Å². The summed E-state index contributed by atoms with van der Waals surface area (Å²) in [5, 5.41) is 0.762. The Kier molecular flexibility index (Phi) is 8.02. The van der Waals surface area contributed by atoms with Gasteiger partial charge in [0.05, 0.1) is 5.56 Å². The second-order valence-corrected chi connectivity index (χ2v) is 5.12. The van der Waals surface area contributed by atoms with Crippen molar-refractivity contribution in [2.45, 2.75) is 19.2 Å². The SMILES string of the molecule is FC(F)(F)c1ccc(CCBr)cc1.FC(F)Oc1ccccc1. The fourth-order valence-corrected chi connectivity index (χ4v) is 2.03. The number of hydrogen-bond acceptors (Lipinski definition) is 1. The van der Waals surface area contributed by atoms with Crippen molar-refractivity contribution >= 4 is 15.9 Å². The standard InChI is InChI=1S/C9H8BrF3.C7H6F2O/c10-6-5-7-1-3-8(4-2-7)9(11,12)13;8-7(9)10-6-4-2-1-3-5-6/h1-4H,5-6H2;1-5,7H. The first-order chi connectivity index (χ1) is 10.8. The Morgan fingerprint density at radius 1 is 0.913 bits per heavy atom. The Morgan fingerprint density at radius 3 is 1.91 bits per heavy atom. The van der Waals surface area contributed by atoms with Crippen LogP contribution in [0, 0.1) is 0 Å². The average Bonchev–Trinajstić information content (AvgIpc) is 2.48. The largest absolute Gasteiger partial charge is 0.435 e. The van der Waals surface area contributed by atoms with Crippen LogP contribution in [0.3, 0.4) is 0 Å². The molecule has 7 heteroatoms. The van der Waals surface area contributed by atoms with Crippen molar-refractivity contribution < 1.29 is 26.7 Å². The predicted octanol–water partition coefficient (Wildman–Crippen LogP) is 5.93. The molecule has 0 radical (unpaired) electrons. The molecule has 0 aliphatic heterocycles. The maximum atomic E-state index is 12.1. The molecule has 0 saturated heterocycles. The Morgan fingerprint density at radius 2 is 1.48 bits per heavy atom. The third-order valence-corrected chi connectivity index (χ3v) is 3.03. The van der Waals surface area contributed by atoms with Crippen LogP contribution in [0.1, 0.15) is 11.1 Å². The summed E-state index contributed by atoms with van der Waals surface area (Å²) in [6.07, 6.45) is -3.48. The molecule has 0 bridgehead atoms. The van der Waals surface area contributed by atoms with Gasteiger partial charge >= 0.3 is 12.8 Å². The zero-order chi connectivity index (χ0) is 17.3. The second kappa shape index (κ2) is 9.50. The Hall–Kier alpha value is -1.63. The molecule has 0 fully saturated rings.